The fraction of sp³-hybridized carbons (Fsp3) is 0.778. The third-order valence-corrected chi connectivity index (χ3v) is 3.74. The van der Waals surface area contributed by atoms with Crippen LogP contribution in [0.15, 0.2) is 0 Å². The quantitative estimate of drug-likeness (QED) is 0.364. The molecule has 0 aromatic heterocycles. The lowest BCUT2D eigenvalue weighted by Crippen LogP contribution is -2.42. The van der Waals surface area contributed by atoms with Gasteiger partial charge in [0.2, 0.25) is 11.8 Å². The molecule has 0 fully saturated rings. The molecule has 0 bridgehead atoms. The van der Waals surface area contributed by atoms with Gasteiger partial charge in [-0.1, -0.05) is 27.7 Å². The Kier molecular flexibility index (Phi) is 11.3. The van der Waals surface area contributed by atoms with E-state index in [1.54, 1.807) is 0 Å². The molecular formula is C18H32N2O6. The minimum Gasteiger partial charge on any atom is -0.480 e. The van der Waals surface area contributed by atoms with Crippen LogP contribution in [0.4, 0.5) is 0 Å². The van der Waals surface area contributed by atoms with E-state index < -0.39 is 24.0 Å². The molecule has 0 aromatic carbocycles. The Balaban J connectivity index is 4.16. The third-order valence-electron chi connectivity index (χ3n) is 3.74. The van der Waals surface area contributed by atoms with Crippen LogP contribution in [0.25, 0.3) is 0 Å². The molecule has 0 saturated heterocycles. The van der Waals surface area contributed by atoms with Crippen LogP contribution >= 0.6 is 0 Å². The van der Waals surface area contributed by atoms with Crippen LogP contribution in [0, 0.1) is 11.8 Å². The predicted molar refractivity (Wildman–Crippen MR) is 96.5 cm³/mol. The number of carbonyl (C=O) groups is 4. The molecule has 0 radical (unpaired) electrons. The van der Waals surface area contributed by atoms with Gasteiger partial charge in [0.15, 0.2) is 0 Å². The van der Waals surface area contributed by atoms with Crippen LogP contribution in [0.5, 0.6) is 0 Å². The van der Waals surface area contributed by atoms with Crippen molar-refractivity contribution in [2.45, 2.75) is 78.3 Å². The first-order chi connectivity index (χ1) is 12.0. The summed E-state index contributed by atoms with van der Waals surface area (Å²) < 4.78 is 0. The number of hydrogen-bond donors (Lipinski definition) is 4. The van der Waals surface area contributed by atoms with Gasteiger partial charge in [-0.25, -0.2) is 9.59 Å². The Morgan fingerprint density at radius 2 is 1.00 bits per heavy atom. The standard InChI is InChI=1S/C18H32N2O6/c1-11(2)9-13(17(23)24)19-15(21)7-5-6-8-16(22)20-14(18(25)26)10-12(3)4/h11-14H,5-10H2,1-4H3,(H,19,21)(H,20,22)(H,23,24)(H,25,26)/t13-,14-/m0/s1. The number of unbranched alkanes of at least 4 members (excludes halogenated alkanes) is 1. The van der Waals surface area contributed by atoms with Crippen molar-refractivity contribution in [2.24, 2.45) is 11.8 Å². The van der Waals surface area contributed by atoms with E-state index in [1.807, 2.05) is 27.7 Å². The number of aliphatic carboxylic acids is 2. The van der Waals surface area contributed by atoms with E-state index >= 15 is 0 Å². The summed E-state index contributed by atoms with van der Waals surface area (Å²) in [6.45, 7) is 7.52. The monoisotopic (exact) mass is 372 g/mol. The van der Waals surface area contributed by atoms with Crippen molar-refractivity contribution in [3.63, 3.8) is 0 Å². The summed E-state index contributed by atoms with van der Waals surface area (Å²) >= 11 is 0. The van der Waals surface area contributed by atoms with Gasteiger partial charge < -0.3 is 20.8 Å². The van der Waals surface area contributed by atoms with E-state index in [9.17, 15) is 19.2 Å². The van der Waals surface area contributed by atoms with Crippen LogP contribution in [-0.2, 0) is 19.2 Å². The Morgan fingerprint density at radius 3 is 1.23 bits per heavy atom. The molecule has 0 aliphatic rings. The number of carbonyl (C=O) groups excluding carboxylic acids is 2. The summed E-state index contributed by atoms with van der Waals surface area (Å²) in [6.07, 6.45) is 1.82. The molecule has 0 rings (SSSR count). The number of carboxylic acids is 2. The van der Waals surface area contributed by atoms with Crippen LogP contribution in [0.2, 0.25) is 0 Å². The lowest BCUT2D eigenvalue weighted by atomic mass is 10.0. The molecular weight excluding hydrogens is 340 g/mol. The zero-order valence-corrected chi connectivity index (χ0v) is 16.1. The van der Waals surface area contributed by atoms with Crippen LogP contribution < -0.4 is 10.6 Å². The zero-order valence-electron chi connectivity index (χ0n) is 16.1. The number of rotatable bonds is 13. The Morgan fingerprint density at radius 1 is 0.692 bits per heavy atom. The number of amides is 2. The third kappa shape index (κ3) is 11.4. The predicted octanol–water partition coefficient (Wildman–Crippen LogP) is 1.78. The molecule has 26 heavy (non-hydrogen) atoms. The molecule has 0 unspecified atom stereocenters. The lowest BCUT2D eigenvalue weighted by molar-refractivity contribution is -0.142. The highest BCUT2D eigenvalue weighted by molar-refractivity contribution is 5.84. The van der Waals surface area contributed by atoms with E-state index in [4.69, 9.17) is 10.2 Å². The van der Waals surface area contributed by atoms with Gasteiger partial charge >= 0.3 is 11.9 Å². The van der Waals surface area contributed by atoms with E-state index in [1.165, 1.54) is 0 Å². The van der Waals surface area contributed by atoms with Gasteiger partial charge in [0, 0.05) is 12.8 Å². The van der Waals surface area contributed by atoms with Gasteiger partial charge in [0.1, 0.15) is 12.1 Å². The molecule has 0 aliphatic heterocycles. The van der Waals surface area contributed by atoms with Crippen molar-refractivity contribution in [3.05, 3.63) is 0 Å². The second-order valence-corrected chi connectivity index (χ2v) is 7.38. The number of carboxylic acid groups (broad SMARTS) is 2. The SMILES string of the molecule is CC(C)C[C@H](NC(=O)CCCCC(=O)N[C@@H](CC(C)C)C(=O)O)C(=O)O. The molecule has 0 aliphatic carbocycles. The smallest absolute Gasteiger partial charge is 0.326 e. The average Bonchev–Trinajstić information content (AvgIpc) is 2.49. The van der Waals surface area contributed by atoms with Gasteiger partial charge in [-0.2, -0.15) is 0 Å². The van der Waals surface area contributed by atoms with E-state index in [2.05, 4.69) is 10.6 Å². The van der Waals surface area contributed by atoms with Crippen molar-refractivity contribution in [3.8, 4) is 0 Å². The van der Waals surface area contributed by atoms with Crippen molar-refractivity contribution in [2.75, 3.05) is 0 Å². The Bertz CT molecular complexity index is 446. The Hall–Kier alpha value is -2.12. The number of hydrogen-bond acceptors (Lipinski definition) is 4. The number of nitrogens with one attached hydrogen (secondary N) is 2. The maximum absolute atomic E-state index is 11.8. The van der Waals surface area contributed by atoms with Crippen molar-refractivity contribution < 1.29 is 29.4 Å². The van der Waals surface area contributed by atoms with Crippen LogP contribution in [0.1, 0.15) is 66.2 Å². The first-order valence-electron chi connectivity index (χ1n) is 9.07. The Labute approximate surface area is 154 Å². The summed E-state index contributed by atoms with van der Waals surface area (Å²) in [6, 6.07) is -1.81. The molecule has 2 amide bonds. The maximum Gasteiger partial charge on any atom is 0.326 e. The fourth-order valence-corrected chi connectivity index (χ4v) is 2.49. The van der Waals surface area contributed by atoms with E-state index in [0.717, 1.165) is 0 Å². The van der Waals surface area contributed by atoms with Gasteiger partial charge in [-0.05, 0) is 37.5 Å². The minimum absolute atomic E-state index is 0.128. The molecule has 0 heterocycles. The van der Waals surface area contributed by atoms with Gasteiger partial charge in [-0.3, -0.25) is 9.59 Å². The summed E-state index contributed by atoms with van der Waals surface area (Å²) in [5.41, 5.74) is 0. The van der Waals surface area contributed by atoms with Gasteiger partial charge in [0.25, 0.3) is 0 Å². The zero-order chi connectivity index (χ0) is 20.3. The topological polar surface area (TPSA) is 133 Å². The highest BCUT2D eigenvalue weighted by Crippen LogP contribution is 2.08. The molecule has 150 valence electrons. The van der Waals surface area contributed by atoms with E-state index in [-0.39, 0.29) is 36.5 Å². The maximum atomic E-state index is 11.8. The molecule has 2 atom stereocenters. The molecule has 0 saturated carbocycles. The minimum atomic E-state index is -1.06. The summed E-state index contributed by atoms with van der Waals surface area (Å²) in [5.74, 6) is -2.54. The van der Waals surface area contributed by atoms with Crippen LogP contribution in [-0.4, -0.2) is 46.0 Å². The molecule has 8 nitrogen and oxygen atoms in total. The summed E-state index contributed by atoms with van der Waals surface area (Å²) in [7, 11) is 0. The molecule has 4 N–H and O–H groups in total. The first-order valence-corrected chi connectivity index (χ1v) is 9.07. The second-order valence-electron chi connectivity index (χ2n) is 7.38. The van der Waals surface area contributed by atoms with E-state index in [0.29, 0.717) is 25.7 Å². The average molecular weight is 372 g/mol. The van der Waals surface area contributed by atoms with Crippen LogP contribution in [0.3, 0.4) is 0 Å². The highest BCUT2D eigenvalue weighted by Gasteiger charge is 2.22. The normalized spacial score (nSPS) is 13.3. The summed E-state index contributed by atoms with van der Waals surface area (Å²) in [4.78, 5) is 45.9. The van der Waals surface area contributed by atoms with Gasteiger partial charge in [-0.15, -0.1) is 0 Å². The molecule has 8 heteroatoms. The lowest BCUT2D eigenvalue weighted by Gasteiger charge is -2.17. The van der Waals surface area contributed by atoms with Crippen molar-refractivity contribution >= 4 is 23.8 Å². The molecule has 0 spiro atoms. The summed E-state index contributed by atoms with van der Waals surface area (Å²) in [5, 5.41) is 23.2. The molecule has 0 aromatic rings. The second kappa shape index (κ2) is 12.3. The first kappa shape index (κ1) is 23.9. The fourth-order valence-electron chi connectivity index (χ4n) is 2.49. The van der Waals surface area contributed by atoms with Crippen molar-refractivity contribution in [1.29, 1.82) is 0 Å². The highest BCUT2D eigenvalue weighted by atomic mass is 16.4. The van der Waals surface area contributed by atoms with Gasteiger partial charge in [0.05, 0.1) is 0 Å². The van der Waals surface area contributed by atoms with Crippen molar-refractivity contribution in [1.82, 2.24) is 10.6 Å². The largest absolute Gasteiger partial charge is 0.480 e.